The average Bonchev–Trinajstić information content (AvgIpc) is 2.49. The van der Waals surface area contributed by atoms with Crippen LogP contribution in [0.1, 0.15) is 19.8 Å². The zero-order valence-electron chi connectivity index (χ0n) is 12.3. The molecule has 1 aromatic carbocycles. The summed E-state index contributed by atoms with van der Waals surface area (Å²) >= 11 is 0. The number of nitrogens with zero attached hydrogens (tertiary/aromatic N) is 1. The van der Waals surface area contributed by atoms with Crippen LogP contribution in [0.2, 0.25) is 0 Å². The van der Waals surface area contributed by atoms with Crippen LogP contribution >= 0.6 is 0 Å². The van der Waals surface area contributed by atoms with Crippen LogP contribution in [0.25, 0.3) is 0 Å². The van der Waals surface area contributed by atoms with E-state index in [9.17, 15) is 4.79 Å². The highest BCUT2D eigenvalue weighted by Crippen LogP contribution is 2.18. The van der Waals surface area contributed by atoms with Gasteiger partial charge in [0.2, 0.25) is 0 Å². The van der Waals surface area contributed by atoms with Crippen LogP contribution in [0.4, 0.5) is 0 Å². The highest BCUT2D eigenvalue weighted by atomic mass is 16.5. The number of carbonyl (C=O) groups is 1. The maximum Gasteiger partial charge on any atom is 0.138 e. The number of hydrogen-bond donors (Lipinski definition) is 0. The van der Waals surface area contributed by atoms with Gasteiger partial charge in [0.15, 0.2) is 0 Å². The Morgan fingerprint density at radius 3 is 2.60 bits per heavy atom. The normalized spacial score (nSPS) is 19.9. The Balaban J connectivity index is 1.73. The first-order valence-corrected chi connectivity index (χ1v) is 7.25. The second kappa shape index (κ2) is 7.29. The predicted molar refractivity (Wildman–Crippen MR) is 78.3 cm³/mol. The average molecular weight is 277 g/mol. The molecule has 4 nitrogen and oxygen atoms in total. The van der Waals surface area contributed by atoms with Crippen molar-refractivity contribution in [3.63, 3.8) is 0 Å². The van der Waals surface area contributed by atoms with E-state index in [1.165, 1.54) is 0 Å². The molecule has 1 unspecified atom stereocenters. The zero-order valence-corrected chi connectivity index (χ0v) is 12.3. The van der Waals surface area contributed by atoms with Crippen molar-refractivity contribution < 1.29 is 14.3 Å². The minimum atomic E-state index is 0.213. The van der Waals surface area contributed by atoms with Crippen LogP contribution in [0, 0.1) is 5.92 Å². The van der Waals surface area contributed by atoms with Crippen molar-refractivity contribution in [2.24, 2.45) is 5.92 Å². The number of methoxy groups -OCH3 is 1. The molecule has 0 spiro atoms. The Morgan fingerprint density at radius 2 is 1.95 bits per heavy atom. The summed E-state index contributed by atoms with van der Waals surface area (Å²) < 4.78 is 10.8. The summed E-state index contributed by atoms with van der Waals surface area (Å²) in [6, 6.07) is 7.60. The van der Waals surface area contributed by atoms with Gasteiger partial charge < -0.3 is 9.47 Å². The van der Waals surface area contributed by atoms with Crippen molar-refractivity contribution >= 4 is 5.78 Å². The quantitative estimate of drug-likeness (QED) is 0.800. The van der Waals surface area contributed by atoms with E-state index in [0.29, 0.717) is 18.8 Å². The lowest BCUT2D eigenvalue weighted by Crippen LogP contribution is -2.42. The smallest absolute Gasteiger partial charge is 0.138 e. The lowest BCUT2D eigenvalue weighted by molar-refractivity contribution is -0.126. The Morgan fingerprint density at radius 1 is 1.25 bits per heavy atom. The Bertz CT molecular complexity index is 430. The predicted octanol–water partition coefficient (Wildman–Crippen LogP) is 2.38. The van der Waals surface area contributed by atoms with E-state index >= 15 is 0 Å². The lowest BCUT2D eigenvalue weighted by atomic mass is 9.94. The number of ether oxygens (including phenoxy) is 2. The van der Waals surface area contributed by atoms with Crippen LogP contribution in [-0.4, -0.2) is 44.0 Å². The summed E-state index contributed by atoms with van der Waals surface area (Å²) in [4.78, 5) is 14.0. The van der Waals surface area contributed by atoms with E-state index in [4.69, 9.17) is 9.47 Å². The van der Waals surface area contributed by atoms with Gasteiger partial charge in [-0.25, -0.2) is 0 Å². The van der Waals surface area contributed by atoms with Crippen LogP contribution in [0.3, 0.4) is 0 Å². The largest absolute Gasteiger partial charge is 0.497 e. The summed E-state index contributed by atoms with van der Waals surface area (Å²) in [6.07, 6.45) is 1.62. The number of hydrogen-bond acceptors (Lipinski definition) is 4. The molecule has 20 heavy (non-hydrogen) atoms. The first kappa shape index (κ1) is 14.9. The van der Waals surface area contributed by atoms with Crippen molar-refractivity contribution in [1.82, 2.24) is 4.90 Å². The van der Waals surface area contributed by atoms with Crippen molar-refractivity contribution in [3.05, 3.63) is 24.3 Å². The van der Waals surface area contributed by atoms with Gasteiger partial charge in [-0.05, 0) is 30.7 Å². The summed E-state index contributed by atoms with van der Waals surface area (Å²) in [5, 5.41) is 0. The zero-order chi connectivity index (χ0) is 14.4. The molecule has 0 aliphatic carbocycles. The molecular weight excluding hydrogens is 254 g/mol. The summed E-state index contributed by atoms with van der Waals surface area (Å²) in [7, 11) is 1.65. The fourth-order valence-corrected chi connectivity index (χ4v) is 2.50. The third kappa shape index (κ3) is 3.97. The van der Waals surface area contributed by atoms with Gasteiger partial charge in [-0.2, -0.15) is 0 Å². The van der Waals surface area contributed by atoms with E-state index in [2.05, 4.69) is 11.8 Å². The fourth-order valence-electron chi connectivity index (χ4n) is 2.50. The molecule has 0 radical (unpaired) electrons. The lowest BCUT2D eigenvalue weighted by Gasteiger charge is -2.31. The molecule has 0 aromatic heterocycles. The Labute approximate surface area is 120 Å². The maximum atomic E-state index is 11.7. The third-order valence-electron chi connectivity index (χ3n) is 3.84. The minimum absolute atomic E-state index is 0.213. The Kier molecular flexibility index (Phi) is 5.41. The number of rotatable bonds is 6. The van der Waals surface area contributed by atoms with Gasteiger partial charge >= 0.3 is 0 Å². The number of ketones is 1. The Hall–Kier alpha value is -1.55. The number of piperidine rings is 1. The molecule has 0 amide bonds. The third-order valence-corrected chi connectivity index (χ3v) is 3.84. The van der Waals surface area contributed by atoms with Crippen molar-refractivity contribution in [3.8, 4) is 11.5 Å². The molecule has 2 rings (SSSR count). The molecular formula is C16H23NO3. The number of benzene rings is 1. The molecule has 0 N–H and O–H groups in total. The highest BCUT2D eigenvalue weighted by Gasteiger charge is 2.25. The maximum absolute atomic E-state index is 11.7. The van der Waals surface area contributed by atoms with E-state index < -0.39 is 0 Å². The molecule has 1 heterocycles. The topological polar surface area (TPSA) is 38.8 Å². The standard InChI is InChI=1S/C16H23NO3/c1-3-13-12-17(9-8-16(13)18)10-11-20-15-6-4-14(19-2)5-7-15/h4-7,13H,3,8-12H2,1-2H3. The van der Waals surface area contributed by atoms with Crippen LogP contribution < -0.4 is 9.47 Å². The minimum Gasteiger partial charge on any atom is -0.497 e. The van der Waals surface area contributed by atoms with Gasteiger partial charge in [0.05, 0.1) is 7.11 Å². The summed E-state index contributed by atoms with van der Waals surface area (Å²) in [6.45, 7) is 5.34. The van der Waals surface area contributed by atoms with Crippen molar-refractivity contribution in [1.29, 1.82) is 0 Å². The first-order chi connectivity index (χ1) is 9.72. The molecule has 110 valence electrons. The van der Waals surface area contributed by atoms with Crippen molar-refractivity contribution in [2.45, 2.75) is 19.8 Å². The van der Waals surface area contributed by atoms with E-state index in [1.807, 2.05) is 24.3 Å². The second-order valence-corrected chi connectivity index (χ2v) is 5.15. The molecule has 0 saturated carbocycles. The van der Waals surface area contributed by atoms with Gasteiger partial charge in [0.1, 0.15) is 23.9 Å². The molecule has 1 atom stereocenters. The summed E-state index contributed by atoms with van der Waals surface area (Å²) in [5.41, 5.74) is 0. The van der Waals surface area contributed by atoms with E-state index in [0.717, 1.165) is 37.6 Å². The van der Waals surface area contributed by atoms with Crippen LogP contribution in [0.5, 0.6) is 11.5 Å². The molecule has 1 aliphatic rings. The van der Waals surface area contributed by atoms with Crippen LogP contribution in [0.15, 0.2) is 24.3 Å². The van der Waals surface area contributed by atoms with E-state index in [1.54, 1.807) is 7.11 Å². The van der Waals surface area contributed by atoms with Gasteiger partial charge in [-0.15, -0.1) is 0 Å². The molecule has 1 fully saturated rings. The van der Waals surface area contributed by atoms with E-state index in [-0.39, 0.29) is 5.92 Å². The highest BCUT2D eigenvalue weighted by molar-refractivity contribution is 5.82. The number of carbonyl (C=O) groups excluding carboxylic acids is 1. The van der Waals surface area contributed by atoms with Crippen molar-refractivity contribution in [2.75, 3.05) is 33.4 Å². The molecule has 1 aliphatic heterocycles. The van der Waals surface area contributed by atoms with Gasteiger partial charge in [0.25, 0.3) is 0 Å². The van der Waals surface area contributed by atoms with Gasteiger partial charge in [-0.3, -0.25) is 9.69 Å². The second-order valence-electron chi connectivity index (χ2n) is 5.15. The fraction of sp³-hybridized carbons (Fsp3) is 0.562. The molecule has 1 aromatic rings. The molecule has 0 bridgehead atoms. The first-order valence-electron chi connectivity index (χ1n) is 7.25. The number of Topliss-reactive ketones (excluding diaryl/α,β-unsaturated/α-hetero) is 1. The van der Waals surface area contributed by atoms with Crippen LogP contribution in [-0.2, 0) is 4.79 Å². The number of likely N-dealkylation sites (tertiary alicyclic amines) is 1. The van der Waals surface area contributed by atoms with Gasteiger partial charge in [-0.1, -0.05) is 6.92 Å². The summed E-state index contributed by atoms with van der Waals surface area (Å²) in [5.74, 6) is 2.31. The molecule has 4 heteroatoms. The van der Waals surface area contributed by atoms with Gasteiger partial charge in [0, 0.05) is 32.0 Å². The SMILES string of the molecule is CCC1CN(CCOc2ccc(OC)cc2)CCC1=O. The molecule has 1 saturated heterocycles. The monoisotopic (exact) mass is 277 g/mol.